The molecule has 2 aliphatic rings. The van der Waals surface area contributed by atoms with Crippen LogP contribution in [0.25, 0.3) is 0 Å². The lowest BCUT2D eigenvalue weighted by Gasteiger charge is -2.33. The Bertz CT molecular complexity index is 532. The molecule has 1 aromatic carbocycles. The molecule has 2 aliphatic heterocycles. The van der Waals surface area contributed by atoms with Crippen LogP contribution in [0.5, 0.6) is 5.75 Å². The predicted octanol–water partition coefficient (Wildman–Crippen LogP) is 3.18. The standard InChI is InChI=1S/C20H30N2O2/c1-24-19-4-2-3-18(15-19)17-9-13-22(14-10-17)20(23)6-5-16-7-11-21-12-8-16/h2-4,15-17,21H,5-14H2,1H3. The number of ether oxygens (including phenoxy) is 1. The van der Waals surface area contributed by atoms with Crippen LogP contribution in [0.2, 0.25) is 0 Å². The summed E-state index contributed by atoms with van der Waals surface area (Å²) >= 11 is 0. The second-order valence-corrected chi connectivity index (χ2v) is 7.16. The van der Waals surface area contributed by atoms with Crippen molar-refractivity contribution in [2.24, 2.45) is 5.92 Å². The summed E-state index contributed by atoms with van der Waals surface area (Å²) in [5, 5.41) is 3.39. The topological polar surface area (TPSA) is 41.6 Å². The fourth-order valence-electron chi connectivity index (χ4n) is 4.01. The van der Waals surface area contributed by atoms with Gasteiger partial charge >= 0.3 is 0 Å². The summed E-state index contributed by atoms with van der Waals surface area (Å²) < 4.78 is 5.33. The molecule has 1 N–H and O–H groups in total. The molecule has 3 rings (SSSR count). The molecule has 4 heteroatoms. The number of nitrogens with zero attached hydrogens (tertiary/aromatic N) is 1. The minimum Gasteiger partial charge on any atom is -0.497 e. The second kappa shape index (κ2) is 8.52. The first-order valence-corrected chi connectivity index (χ1v) is 9.38. The van der Waals surface area contributed by atoms with Crippen molar-refractivity contribution in [2.75, 3.05) is 33.3 Å². The van der Waals surface area contributed by atoms with E-state index in [4.69, 9.17) is 4.74 Å². The molecule has 0 spiro atoms. The summed E-state index contributed by atoms with van der Waals surface area (Å²) in [4.78, 5) is 14.6. The van der Waals surface area contributed by atoms with E-state index in [0.29, 0.717) is 11.8 Å². The first kappa shape index (κ1) is 17.3. The minimum absolute atomic E-state index is 0.359. The van der Waals surface area contributed by atoms with Gasteiger partial charge in [-0.25, -0.2) is 0 Å². The van der Waals surface area contributed by atoms with E-state index in [0.717, 1.165) is 63.5 Å². The molecule has 2 fully saturated rings. The number of likely N-dealkylation sites (tertiary alicyclic amines) is 1. The van der Waals surface area contributed by atoms with Crippen LogP contribution in [0, 0.1) is 5.92 Å². The van der Waals surface area contributed by atoms with Gasteiger partial charge in [-0.3, -0.25) is 4.79 Å². The zero-order valence-corrected chi connectivity index (χ0v) is 14.8. The van der Waals surface area contributed by atoms with Gasteiger partial charge in [0.15, 0.2) is 0 Å². The second-order valence-electron chi connectivity index (χ2n) is 7.16. The third kappa shape index (κ3) is 4.50. The van der Waals surface area contributed by atoms with Gasteiger partial charge in [-0.1, -0.05) is 12.1 Å². The third-order valence-electron chi connectivity index (χ3n) is 5.64. The number of carbonyl (C=O) groups is 1. The van der Waals surface area contributed by atoms with Crippen molar-refractivity contribution < 1.29 is 9.53 Å². The molecule has 1 amide bonds. The molecule has 0 atom stereocenters. The van der Waals surface area contributed by atoms with E-state index in [1.807, 2.05) is 6.07 Å². The lowest BCUT2D eigenvalue weighted by molar-refractivity contribution is -0.132. The highest BCUT2D eigenvalue weighted by Gasteiger charge is 2.24. The maximum absolute atomic E-state index is 12.5. The fraction of sp³-hybridized carbons (Fsp3) is 0.650. The van der Waals surface area contributed by atoms with Gasteiger partial charge in [0.2, 0.25) is 5.91 Å². The zero-order valence-electron chi connectivity index (χ0n) is 14.8. The monoisotopic (exact) mass is 330 g/mol. The highest BCUT2D eigenvalue weighted by Crippen LogP contribution is 2.30. The molecule has 0 unspecified atom stereocenters. The third-order valence-corrected chi connectivity index (χ3v) is 5.64. The predicted molar refractivity (Wildman–Crippen MR) is 96.4 cm³/mol. The van der Waals surface area contributed by atoms with Crippen LogP contribution < -0.4 is 10.1 Å². The summed E-state index contributed by atoms with van der Waals surface area (Å²) in [6.45, 7) is 4.02. The Kier molecular flexibility index (Phi) is 6.13. The highest BCUT2D eigenvalue weighted by atomic mass is 16.5. The van der Waals surface area contributed by atoms with Crippen molar-refractivity contribution in [1.82, 2.24) is 10.2 Å². The molecule has 4 nitrogen and oxygen atoms in total. The molecule has 1 aromatic rings. The quantitative estimate of drug-likeness (QED) is 0.901. The number of hydrogen-bond acceptors (Lipinski definition) is 3. The van der Waals surface area contributed by atoms with Gasteiger partial charge in [-0.15, -0.1) is 0 Å². The van der Waals surface area contributed by atoms with E-state index in [2.05, 4.69) is 28.4 Å². The van der Waals surface area contributed by atoms with Gasteiger partial charge in [0.1, 0.15) is 5.75 Å². The van der Waals surface area contributed by atoms with Crippen LogP contribution in [-0.4, -0.2) is 44.1 Å². The first-order chi connectivity index (χ1) is 11.8. The molecular formula is C20H30N2O2. The van der Waals surface area contributed by atoms with Gasteiger partial charge in [0.05, 0.1) is 7.11 Å². The van der Waals surface area contributed by atoms with Gasteiger partial charge in [-0.05, 0) is 74.7 Å². The maximum Gasteiger partial charge on any atom is 0.222 e. The normalized spacial score (nSPS) is 20.1. The summed E-state index contributed by atoms with van der Waals surface area (Å²) in [6.07, 6.45) is 6.37. The Morgan fingerprint density at radius 1 is 1.21 bits per heavy atom. The van der Waals surface area contributed by atoms with Gasteiger partial charge < -0.3 is 15.0 Å². The molecule has 0 bridgehead atoms. The largest absolute Gasteiger partial charge is 0.497 e. The minimum atomic E-state index is 0.359. The Labute approximate surface area is 145 Å². The van der Waals surface area contributed by atoms with E-state index >= 15 is 0 Å². The van der Waals surface area contributed by atoms with E-state index in [9.17, 15) is 4.79 Å². The summed E-state index contributed by atoms with van der Waals surface area (Å²) in [7, 11) is 1.71. The fourth-order valence-corrected chi connectivity index (χ4v) is 4.01. The van der Waals surface area contributed by atoms with Crippen LogP contribution in [-0.2, 0) is 4.79 Å². The zero-order chi connectivity index (χ0) is 16.8. The molecular weight excluding hydrogens is 300 g/mol. The van der Waals surface area contributed by atoms with Crippen molar-refractivity contribution in [3.63, 3.8) is 0 Å². The van der Waals surface area contributed by atoms with Crippen molar-refractivity contribution in [3.8, 4) is 5.75 Å². The lowest BCUT2D eigenvalue weighted by Crippen LogP contribution is -2.38. The van der Waals surface area contributed by atoms with Crippen molar-refractivity contribution in [2.45, 2.75) is 44.4 Å². The smallest absolute Gasteiger partial charge is 0.222 e. The molecule has 0 saturated carbocycles. The van der Waals surface area contributed by atoms with E-state index in [1.54, 1.807) is 7.11 Å². The van der Waals surface area contributed by atoms with Crippen LogP contribution >= 0.6 is 0 Å². The summed E-state index contributed by atoms with van der Waals surface area (Å²) in [5.41, 5.74) is 1.34. The molecule has 24 heavy (non-hydrogen) atoms. The number of benzene rings is 1. The number of hydrogen-bond donors (Lipinski definition) is 1. The number of amides is 1. The lowest BCUT2D eigenvalue weighted by atomic mass is 9.88. The first-order valence-electron chi connectivity index (χ1n) is 9.38. The Morgan fingerprint density at radius 2 is 1.96 bits per heavy atom. The number of carbonyl (C=O) groups excluding carboxylic acids is 1. The molecule has 2 saturated heterocycles. The number of methoxy groups -OCH3 is 1. The summed E-state index contributed by atoms with van der Waals surface area (Å²) in [6, 6.07) is 8.37. The number of nitrogens with one attached hydrogen (secondary N) is 1. The maximum atomic E-state index is 12.5. The van der Waals surface area contributed by atoms with Crippen molar-refractivity contribution >= 4 is 5.91 Å². The van der Waals surface area contributed by atoms with Crippen LogP contribution in [0.3, 0.4) is 0 Å². The number of piperidine rings is 2. The average Bonchev–Trinajstić information content (AvgIpc) is 2.67. The van der Waals surface area contributed by atoms with Crippen molar-refractivity contribution in [3.05, 3.63) is 29.8 Å². The van der Waals surface area contributed by atoms with Gasteiger partial charge in [0, 0.05) is 19.5 Å². The molecule has 0 aliphatic carbocycles. The molecule has 0 radical (unpaired) electrons. The molecule has 0 aromatic heterocycles. The Hall–Kier alpha value is -1.55. The highest BCUT2D eigenvalue weighted by molar-refractivity contribution is 5.76. The Balaban J connectivity index is 1.44. The van der Waals surface area contributed by atoms with E-state index < -0.39 is 0 Å². The van der Waals surface area contributed by atoms with Crippen molar-refractivity contribution in [1.29, 1.82) is 0 Å². The average molecular weight is 330 g/mol. The van der Waals surface area contributed by atoms with Crippen LogP contribution in [0.1, 0.15) is 50.0 Å². The molecule has 2 heterocycles. The van der Waals surface area contributed by atoms with Gasteiger partial charge in [-0.2, -0.15) is 0 Å². The van der Waals surface area contributed by atoms with Crippen LogP contribution in [0.4, 0.5) is 0 Å². The number of rotatable bonds is 5. The Morgan fingerprint density at radius 3 is 2.67 bits per heavy atom. The van der Waals surface area contributed by atoms with Gasteiger partial charge in [0.25, 0.3) is 0 Å². The SMILES string of the molecule is COc1cccc(C2CCN(C(=O)CCC3CCNCC3)CC2)c1. The molecule has 132 valence electrons. The summed E-state index contributed by atoms with van der Waals surface area (Å²) in [5.74, 6) is 2.57. The van der Waals surface area contributed by atoms with Crippen LogP contribution in [0.15, 0.2) is 24.3 Å². The van der Waals surface area contributed by atoms with E-state index in [1.165, 1.54) is 18.4 Å². The van der Waals surface area contributed by atoms with E-state index in [-0.39, 0.29) is 0 Å².